The van der Waals surface area contributed by atoms with E-state index in [1.54, 1.807) is 24.4 Å². The number of anilines is 5. The fourth-order valence-corrected chi connectivity index (χ4v) is 16.1. The van der Waals surface area contributed by atoms with Crippen molar-refractivity contribution in [3.8, 4) is 45.3 Å². The van der Waals surface area contributed by atoms with Crippen molar-refractivity contribution in [3.05, 3.63) is 308 Å². The van der Waals surface area contributed by atoms with Crippen molar-refractivity contribution in [2.24, 2.45) is 0 Å². The molecule has 0 radical (unpaired) electrons. The largest absolute Gasteiger partial charge is 0.618 e. The summed E-state index contributed by atoms with van der Waals surface area (Å²) in [7, 11) is 0. The summed E-state index contributed by atoms with van der Waals surface area (Å²) in [5.41, 5.74) is 18.8. The number of imidazole rings is 2. The number of morpholine rings is 3. The molecule has 3 aliphatic heterocycles. The first-order valence-corrected chi connectivity index (χ1v) is 47.8. The summed E-state index contributed by atoms with van der Waals surface area (Å²) in [5.74, 6) is 3.48. The summed E-state index contributed by atoms with van der Waals surface area (Å²) in [6.45, 7) is 14.2. The Bertz CT molecular complexity index is 6100. The van der Waals surface area contributed by atoms with Gasteiger partial charge < -0.3 is 55.6 Å². The highest BCUT2D eigenvalue weighted by Crippen LogP contribution is 2.61. The van der Waals surface area contributed by atoms with Crippen molar-refractivity contribution in [2.75, 3.05) is 79.9 Å². The van der Waals surface area contributed by atoms with E-state index in [0.717, 1.165) is 179 Å². The second kappa shape index (κ2) is 46.4. The number of rotatable bonds is 8. The summed E-state index contributed by atoms with van der Waals surface area (Å²) in [6.07, 6.45) is 7.88. The third kappa shape index (κ3) is 27.7. The van der Waals surface area contributed by atoms with Crippen LogP contribution in [-0.4, -0.2) is 117 Å². The van der Waals surface area contributed by atoms with Crippen molar-refractivity contribution in [2.45, 2.75) is 39.1 Å². The highest BCUT2D eigenvalue weighted by atomic mass is 127. The van der Waals surface area contributed by atoms with Crippen molar-refractivity contribution < 1.29 is 23.5 Å². The number of benzene rings is 9. The highest BCUT2D eigenvalue weighted by molar-refractivity contribution is 14.1. The number of hydrogen-bond acceptors (Lipinski definition) is 16. The molecule has 624 valence electrons. The Hall–Kier alpha value is -7.53. The monoisotopic (exact) mass is 2220 g/mol. The van der Waals surface area contributed by atoms with Gasteiger partial charge in [-0.05, 0) is 296 Å². The van der Waals surface area contributed by atoms with E-state index in [1.165, 1.54) is 27.7 Å². The second-order valence-corrected chi connectivity index (χ2v) is 39.9. The summed E-state index contributed by atoms with van der Waals surface area (Å²) in [5, 5.41) is 22.3. The molecular weight excluding hydrogens is 2140 g/mol. The van der Waals surface area contributed by atoms with Crippen molar-refractivity contribution in [1.82, 2.24) is 45.2 Å². The smallest absolute Gasteiger partial charge is 0.339 e. The molecule has 9 aromatic carbocycles. The van der Waals surface area contributed by atoms with Crippen LogP contribution >= 0.6 is 176 Å². The molecule has 19 rings (SSSR count). The minimum atomic E-state index is -3.22. The molecule has 0 unspecified atom stereocenters. The Labute approximate surface area is 792 Å². The molecule has 0 saturated carbocycles. The quantitative estimate of drug-likeness (QED) is 0.0237. The van der Waals surface area contributed by atoms with E-state index in [-0.39, 0.29) is 24.6 Å². The maximum absolute atomic E-state index is 11.2. The highest BCUT2D eigenvalue weighted by Gasteiger charge is 2.21. The second-order valence-electron chi connectivity index (χ2n) is 27.4. The number of pyridine rings is 5. The van der Waals surface area contributed by atoms with Gasteiger partial charge in [0.15, 0.2) is 6.20 Å². The van der Waals surface area contributed by atoms with Crippen LogP contribution in [0.2, 0.25) is 15.2 Å². The van der Waals surface area contributed by atoms with E-state index in [2.05, 4.69) is 280 Å². The van der Waals surface area contributed by atoms with Gasteiger partial charge in [0.25, 0.3) is 0 Å². The van der Waals surface area contributed by atoms with Gasteiger partial charge in [0, 0.05) is 122 Å². The number of hydrogen-bond donors (Lipinski definition) is 5. The van der Waals surface area contributed by atoms with E-state index in [0.29, 0.717) is 27.0 Å². The van der Waals surface area contributed by atoms with Crippen LogP contribution in [0.25, 0.3) is 99.8 Å². The number of nitrogens with one attached hydrogen (secondary N) is 4. The number of nitrogens with zero attached hydrogens (tertiary/aromatic N) is 9. The number of nitrogen functional groups attached to an aromatic ring is 1. The zero-order chi connectivity index (χ0) is 84.7. The molecule has 0 aliphatic carbocycles. The maximum atomic E-state index is 11.2. The average Bonchev–Trinajstić information content (AvgIpc) is 1.75. The molecule has 3 fully saturated rings. The Balaban J connectivity index is 0.000000145. The summed E-state index contributed by atoms with van der Waals surface area (Å²) in [6, 6.07) is 81.7. The molecule has 19 nitrogen and oxygen atoms in total. The van der Waals surface area contributed by atoms with E-state index in [4.69, 9.17) is 64.7 Å². The van der Waals surface area contributed by atoms with Crippen LogP contribution in [-0.2, 0) is 18.8 Å². The first-order valence-electron chi connectivity index (χ1n) is 37.9. The molecule has 10 heterocycles. The Kier molecular flexibility index (Phi) is 36.1. The van der Waals surface area contributed by atoms with E-state index < -0.39 is 5.20 Å². The van der Waals surface area contributed by atoms with Crippen LogP contribution in [0.3, 0.4) is 0 Å². The number of H-pyrrole nitrogens is 2. The Morgan fingerprint density at radius 2 is 0.967 bits per heavy atom. The van der Waals surface area contributed by atoms with E-state index in [1.807, 2.05) is 158 Å². The lowest BCUT2D eigenvalue weighted by Crippen LogP contribution is -2.41. The summed E-state index contributed by atoms with van der Waals surface area (Å²) < 4.78 is 31.7. The lowest BCUT2D eigenvalue weighted by Gasteiger charge is -2.32. The minimum absolute atomic E-state index is 0. The fraction of sp³-hybridized carbons (Fsp3) is 0.167. The number of fused-ring (bicyclic) bond motifs is 5. The lowest BCUT2D eigenvalue weighted by atomic mass is 10.1. The van der Waals surface area contributed by atoms with Gasteiger partial charge in [0.1, 0.15) is 28.4 Å². The zero-order valence-corrected chi connectivity index (χ0v) is 80.2. The SMILES string of the molecule is C[C@@H]1CN(c2ccc3c(I)cccc3n2)CCO1.C[C@@H]1CN(c2ccc3c(Nc4ccc(Cl)c(-c5ncc(-c6ccccc6)[nH]5)c4)cccc3n2)CCO1.C[C@@H]1CNCCO1.Cl.Clc1ccc2c(I)cccc2n1.Ic1cccc2ncccc12.Nc1ccc(Cl)c(-c2ncc(-c3ccccc3)[nH]2)c1.O=P(Cl)(Cl)Cl.[O-][n+]1cccc2c(I)cccc21. The molecule has 31 heteroatoms. The normalized spacial score (nSPS) is 14.8. The summed E-state index contributed by atoms with van der Waals surface area (Å²) >= 11 is 41.5. The lowest BCUT2D eigenvalue weighted by molar-refractivity contribution is -0.577. The van der Waals surface area contributed by atoms with Gasteiger partial charge in [-0.25, -0.2) is 24.9 Å². The molecular formula is C90H82Cl7I4N14O5P. The van der Waals surface area contributed by atoms with Crippen molar-refractivity contribution in [3.63, 3.8) is 0 Å². The molecule has 6 N–H and O–H groups in total. The molecule has 3 atom stereocenters. The third-order valence-corrected chi connectivity index (χ3v) is 23.3. The van der Waals surface area contributed by atoms with Gasteiger partial charge in [0.05, 0.1) is 99.4 Å². The number of aromatic amines is 2. The van der Waals surface area contributed by atoms with Crippen molar-refractivity contribution in [1.29, 1.82) is 0 Å². The van der Waals surface area contributed by atoms with Crippen molar-refractivity contribution >= 4 is 260 Å². The maximum Gasteiger partial charge on any atom is 0.339 e. The topological polar surface area (TPSA) is 237 Å². The Morgan fingerprint density at radius 3 is 1.49 bits per heavy atom. The molecule has 121 heavy (non-hydrogen) atoms. The molecule has 3 aliphatic rings. The predicted octanol–water partition coefficient (Wildman–Crippen LogP) is 25.6. The standard InChI is InChI=1S/C29H26ClN5O.C15H12ClN3.C14H15IN2O.C9H5ClIN.C9H6INO.C9H6IN.C5H11NO.Cl3OP.ClH/c1-19-18-35(14-15-36-19)28-13-11-22-25(8-5-9-26(22)33-28)32-21-10-12-24(30)23(16-21)29-31-17-27(34-29)20-6-3-2-4-7-20;16-13-7-6-11(17)8-12(13)15-18-9-14(19-15)10-4-2-1-3-5-10;1-10-9-17(7-8-18-10)14-6-5-11-12(15)3-2-4-13(11)16-14;10-9-5-4-6-7(11)2-1-3-8(6)12-9;10-8-4-1-5-9-7(8)3-2-6-11(9)12;10-8-4-1-5-9-7(8)3-2-6-11-9;1-5-4-6-2-3-7-5;1-5(2,3)4;/h2-13,16-17,19,32H,14-15,18H2,1H3,(H,31,34);1-9H,17H2,(H,18,19);2-6,10H,7-9H2,1H3;1-5H;1-6H;1-6H;5-6H,2-4H2,1H3;;1H/t19-;;10-;;;;5-;;/m1.1...1../s1. The van der Waals surface area contributed by atoms with Gasteiger partial charge in [-0.3, -0.25) is 9.55 Å². The van der Waals surface area contributed by atoms with Gasteiger partial charge in [0.2, 0.25) is 5.52 Å². The predicted molar refractivity (Wildman–Crippen MR) is 538 cm³/mol. The van der Waals surface area contributed by atoms with E-state index >= 15 is 0 Å². The van der Waals surface area contributed by atoms with Gasteiger partial charge in [-0.1, -0.05) is 132 Å². The van der Waals surface area contributed by atoms with E-state index in [9.17, 15) is 9.77 Å². The fourth-order valence-electron chi connectivity index (χ4n) is 12.9. The van der Waals surface area contributed by atoms with Crippen LogP contribution in [0.5, 0.6) is 0 Å². The van der Waals surface area contributed by atoms with Crippen LogP contribution in [0.4, 0.5) is 28.7 Å². The molecule has 0 bridgehead atoms. The van der Waals surface area contributed by atoms with Gasteiger partial charge in [-0.2, -0.15) is 4.73 Å². The molecule has 0 spiro atoms. The number of aromatic nitrogens is 9. The first-order chi connectivity index (χ1) is 57.9. The van der Waals surface area contributed by atoms with Crippen LogP contribution in [0.15, 0.2) is 274 Å². The third-order valence-electron chi connectivity index (χ3n) is 18.7. The van der Waals surface area contributed by atoms with Gasteiger partial charge >= 0.3 is 5.20 Å². The molecule has 0 amide bonds. The molecule has 3 saturated heterocycles. The number of nitrogens with two attached hydrogens (primary N) is 1. The Morgan fingerprint density at radius 1 is 0.496 bits per heavy atom. The molecule has 16 aromatic rings. The van der Waals surface area contributed by atoms with Crippen LogP contribution in [0.1, 0.15) is 20.8 Å². The number of ether oxygens (including phenoxy) is 3. The average molecular weight is 2230 g/mol. The number of halogens is 11. The van der Waals surface area contributed by atoms with Crippen LogP contribution in [0, 0.1) is 19.5 Å². The summed E-state index contributed by atoms with van der Waals surface area (Å²) in [4.78, 5) is 38.3. The minimum Gasteiger partial charge on any atom is -0.618 e. The van der Waals surface area contributed by atoms with Gasteiger partial charge in [-0.15, -0.1) is 12.4 Å². The van der Waals surface area contributed by atoms with Crippen LogP contribution < -0.4 is 30.9 Å². The zero-order valence-electron chi connectivity index (χ0n) is 65.4. The molecule has 7 aromatic heterocycles. The first kappa shape index (κ1) is 94.2.